The number of hydrogen-bond acceptors (Lipinski definition) is 15. The molecule has 2 saturated heterocycles. The van der Waals surface area contributed by atoms with E-state index in [-0.39, 0.29) is 22.8 Å². The number of fused-ring (bicyclic) bond motifs is 1. The molecule has 2 aromatic rings. The van der Waals surface area contributed by atoms with E-state index in [1.54, 1.807) is 0 Å². The number of ether oxygens (including phenoxy) is 6. The summed E-state index contributed by atoms with van der Waals surface area (Å²) in [6.07, 6.45) is -16.0. The molecule has 212 valence electrons. The summed E-state index contributed by atoms with van der Waals surface area (Å²) in [5.41, 5.74) is -0.644. The maximum absolute atomic E-state index is 11.8. The van der Waals surface area contributed by atoms with Crippen molar-refractivity contribution in [3.8, 4) is 17.2 Å². The Balaban J connectivity index is 1.56. The zero-order valence-corrected chi connectivity index (χ0v) is 20.3. The van der Waals surface area contributed by atoms with Gasteiger partial charge in [0.05, 0.1) is 27.4 Å². The van der Waals surface area contributed by atoms with E-state index in [1.165, 1.54) is 32.4 Å². The highest BCUT2D eigenvalue weighted by atomic mass is 16.7. The van der Waals surface area contributed by atoms with Gasteiger partial charge in [-0.2, -0.15) is 0 Å². The van der Waals surface area contributed by atoms with Crippen molar-refractivity contribution >= 4 is 11.0 Å². The molecule has 0 radical (unpaired) electrons. The SMILES string of the molecule is COc1cc2ccc(=O)oc2c(OC)c1O[C@@H]1O[C@H](CO[C@@H]2O[C@H](CO)[C@@H](O)[C@H](O)[C@H]2O)[C@@H](O)[C@H](O)[C@H]1O. The molecule has 4 rings (SSSR count). The van der Waals surface area contributed by atoms with E-state index in [2.05, 4.69) is 0 Å². The molecular weight excluding hydrogens is 516 g/mol. The lowest BCUT2D eigenvalue weighted by Gasteiger charge is -2.42. The minimum atomic E-state index is -1.78. The second kappa shape index (κ2) is 11.7. The average Bonchev–Trinajstić information content (AvgIpc) is 2.91. The van der Waals surface area contributed by atoms with E-state index >= 15 is 0 Å². The summed E-state index contributed by atoms with van der Waals surface area (Å²) in [5.74, 6) is -0.102. The molecule has 0 unspecified atom stereocenters. The van der Waals surface area contributed by atoms with Crippen molar-refractivity contribution in [3.05, 3.63) is 28.6 Å². The molecule has 15 heteroatoms. The molecule has 1 aromatic carbocycles. The van der Waals surface area contributed by atoms with E-state index < -0.39 is 80.3 Å². The number of aliphatic hydroxyl groups is 7. The Kier molecular flexibility index (Phi) is 8.73. The standard InChI is InChI=1S/C23H30O15/c1-32-9-5-8-3-4-12(25)37-19(8)21(33-2)20(9)38-23-18(31)16(29)14(27)11(36-23)7-34-22-17(30)15(28)13(26)10(6-24)35-22/h3-5,10-11,13-18,22-24,26-31H,6-7H2,1-2H3/t10-,11-,13-,14-,15+,16+,17-,18-,22-,23+/m1/s1. The third kappa shape index (κ3) is 5.30. The normalized spacial score (nSPS) is 35.7. The molecular formula is C23H30O15. The van der Waals surface area contributed by atoms with Crippen LogP contribution in [0.15, 0.2) is 27.4 Å². The fraction of sp³-hybridized carbons (Fsp3) is 0.609. The molecule has 3 heterocycles. The zero-order valence-electron chi connectivity index (χ0n) is 20.3. The van der Waals surface area contributed by atoms with Gasteiger partial charge in [0.2, 0.25) is 17.8 Å². The second-order valence-corrected chi connectivity index (χ2v) is 8.78. The Bertz CT molecular complexity index is 1150. The fourth-order valence-corrected chi connectivity index (χ4v) is 4.25. The summed E-state index contributed by atoms with van der Waals surface area (Å²) in [6, 6.07) is 4.16. The van der Waals surface area contributed by atoms with Crippen LogP contribution < -0.4 is 19.8 Å². The first-order valence-corrected chi connectivity index (χ1v) is 11.6. The molecule has 10 atom stereocenters. The van der Waals surface area contributed by atoms with Gasteiger partial charge in [-0.25, -0.2) is 4.79 Å². The van der Waals surface area contributed by atoms with Crippen molar-refractivity contribution in [2.75, 3.05) is 27.4 Å². The first-order chi connectivity index (χ1) is 18.1. The van der Waals surface area contributed by atoms with Crippen LogP contribution in [0.2, 0.25) is 0 Å². The second-order valence-electron chi connectivity index (χ2n) is 8.78. The Labute approximate surface area is 214 Å². The predicted octanol–water partition coefficient (Wildman–Crippen LogP) is -3.19. The molecule has 2 aliphatic heterocycles. The van der Waals surface area contributed by atoms with Crippen LogP contribution in [0.1, 0.15) is 0 Å². The topological polar surface area (TPSA) is 227 Å². The minimum Gasteiger partial charge on any atom is -0.493 e. The van der Waals surface area contributed by atoms with Crippen molar-refractivity contribution in [3.63, 3.8) is 0 Å². The average molecular weight is 546 g/mol. The smallest absolute Gasteiger partial charge is 0.336 e. The highest BCUT2D eigenvalue weighted by Crippen LogP contribution is 2.44. The van der Waals surface area contributed by atoms with Gasteiger partial charge in [-0.1, -0.05) is 0 Å². The summed E-state index contributed by atoms with van der Waals surface area (Å²) in [4.78, 5) is 11.8. The summed E-state index contributed by atoms with van der Waals surface area (Å²) < 4.78 is 38.0. The molecule has 0 aliphatic carbocycles. The fourth-order valence-electron chi connectivity index (χ4n) is 4.25. The van der Waals surface area contributed by atoms with Crippen molar-refractivity contribution in [2.45, 2.75) is 61.4 Å². The zero-order chi connectivity index (χ0) is 27.7. The van der Waals surface area contributed by atoms with Crippen LogP contribution in [0, 0.1) is 0 Å². The van der Waals surface area contributed by atoms with E-state index in [0.717, 1.165) is 0 Å². The number of rotatable bonds is 8. The van der Waals surface area contributed by atoms with Gasteiger partial charge in [0.1, 0.15) is 48.8 Å². The van der Waals surface area contributed by atoms with E-state index in [9.17, 15) is 40.5 Å². The summed E-state index contributed by atoms with van der Waals surface area (Å²) >= 11 is 0. The molecule has 0 amide bonds. The number of benzene rings is 1. The quantitative estimate of drug-likeness (QED) is 0.162. The third-order valence-electron chi connectivity index (χ3n) is 6.39. The van der Waals surface area contributed by atoms with E-state index in [0.29, 0.717) is 5.39 Å². The Hall–Kier alpha value is -2.57. The van der Waals surface area contributed by atoms with Crippen molar-refractivity contribution in [2.24, 2.45) is 0 Å². The molecule has 2 aliphatic rings. The Morgan fingerprint density at radius 3 is 2.05 bits per heavy atom. The lowest BCUT2D eigenvalue weighted by molar-refractivity contribution is -0.323. The molecule has 15 nitrogen and oxygen atoms in total. The van der Waals surface area contributed by atoms with Crippen molar-refractivity contribution in [1.82, 2.24) is 0 Å². The molecule has 0 bridgehead atoms. The highest BCUT2D eigenvalue weighted by molar-refractivity contribution is 5.88. The first kappa shape index (κ1) is 28.4. The molecule has 1 aromatic heterocycles. The number of aliphatic hydroxyl groups excluding tert-OH is 7. The number of hydrogen-bond donors (Lipinski definition) is 7. The van der Waals surface area contributed by atoms with Crippen LogP contribution in [0.4, 0.5) is 0 Å². The van der Waals surface area contributed by atoms with Crippen LogP contribution in [-0.2, 0) is 14.2 Å². The third-order valence-corrected chi connectivity index (χ3v) is 6.39. The number of methoxy groups -OCH3 is 2. The van der Waals surface area contributed by atoms with Crippen LogP contribution in [-0.4, -0.2) is 125 Å². The largest absolute Gasteiger partial charge is 0.493 e. The van der Waals surface area contributed by atoms with Crippen molar-refractivity contribution in [1.29, 1.82) is 0 Å². The van der Waals surface area contributed by atoms with Gasteiger partial charge in [0, 0.05) is 11.5 Å². The molecule has 0 saturated carbocycles. The maximum Gasteiger partial charge on any atom is 0.336 e. The summed E-state index contributed by atoms with van der Waals surface area (Å²) in [7, 11) is 2.61. The van der Waals surface area contributed by atoms with Crippen LogP contribution in [0.3, 0.4) is 0 Å². The lowest BCUT2D eigenvalue weighted by Crippen LogP contribution is -2.62. The first-order valence-electron chi connectivity index (χ1n) is 11.6. The van der Waals surface area contributed by atoms with Gasteiger partial charge in [0.25, 0.3) is 0 Å². The summed E-state index contributed by atoms with van der Waals surface area (Å²) in [5, 5.41) is 71.2. The monoisotopic (exact) mass is 546 g/mol. The van der Waals surface area contributed by atoms with E-state index in [1.807, 2.05) is 0 Å². The van der Waals surface area contributed by atoms with Crippen LogP contribution in [0.5, 0.6) is 17.2 Å². The van der Waals surface area contributed by atoms with Gasteiger partial charge in [-0.3, -0.25) is 0 Å². The van der Waals surface area contributed by atoms with Crippen LogP contribution >= 0.6 is 0 Å². The van der Waals surface area contributed by atoms with Gasteiger partial charge >= 0.3 is 5.63 Å². The lowest BCUT2D eigenvalue weighted by atomic mass is 9.98. The molecule has 0 spiro atoms. The Morgan fingerprint density at radius 2 is 1.42 bits per heavy atom. The van der Waals surface area contributed by atoms with Crippen LogP contribution in [0.25, 0.3) is 11.0 Å². The van der Waals surface area contributed by atoms with Gasteiger partial charge in [-0.05, 0) is 12.1 Å². The molecule has 2 fully saturated rings. The minimum absolute atomic E-state index is 0.0178. The van der Waals surface area contributed by atoms with E-state index in [4.69, 9.17) is 32.8 Å². The maximum atomic E-state index is 11.8. The van der Waals surface area contributed by atoms with Gasteiger partial charge in [0.15, 0.2) is 17.6 Å². The Morgan fingerprint density at radius 1 is 0.789 bits per heavy atom. The molecule has 38 heavy (non-hydrogen) atoms. The van der Waals surface area contributed by atoms with Gasteiger partial charge < -0.3 is 68.6 Å². The van der Waals surface area contributed by atoms with Gasteiger partial charge in [-0.15, -0.1) is 0 Å². The predicted molar refractivity (Wildman–Crippen MR) is 123 cm³/mol. The molecule has 7 N–H and O–H groups in total. The highest BCUT2D eigenvalue weighted by Gasteiger charge is 2.48. The van der Waals surface area contributed by atoms with Crippen molar-refractivity contribution < 1.29 is 68.6 Å². The summed E-state index contributed by atoms with van der Waals surface area (Å²) in [6.45, 7) is -1.22.